The minimum absolute atomic E-state index is 0.0313. The molecule has 0 aromatic heterocycles. The van der Waals surface area contributed by atoms with E-state index in [1.54, 1.807) is 61.7 Å². The number of hydrogen-bond acceptors (Lipinski definition) is 5. The lowest BCUT2D eigenvalue weighted by Crippen LogP contribution is -2.52. The number of nitrogens with one attached hydrogen (secondary N) is 1. The van der Waals surface area contributed by atoms with Crippen molar-refractivity contribution in [3.05, 3.63) is 89.4 Å². The molecule has 1 atom stereocenters. The molecule has 0 aliphatic heterocycles. The molecule has 3 rings (SSSR count). The summed E-state index contributed by atoms with van der Waals surface area (Å²) in [5.41, 5.74) is 0.978. The van der Waals surface area contributed by atoms with Gasteiger partial charge in [-0.05, 0) is 60.4 Å². The van der Waals surface area contributed by atoms with Crippen LogP contribution in [0.4, 0.5) is 5.69 Å². The molecule has 40 heavy (non-hydrogen) atoms. The van der Waals surface area contributed by atoms with E-state index in [-0.39, 0.29) is 29.0 Å². The standard InChI is InChI=1S/C30H36ClN3O5S/c1-5-28(30(36)32-19-22(2)3)33(20-23-11-9-14-26(17-23)39-4)29(35)21-34(25-13-10-12-24(31)18-25)40(37,38)27-15-7-6-8-16-27/h6-18,22,28H,5,19-21H2,1-4H3,(H,32,36)/t28-/m1/s1. The van der Waals surface area contributed by atoms with Crippen molar-refractivity contribution < 1.29 is 22.7 Å². The quantitative estimate of drug-likeness (QED) is 0.300. The number of nitrogens with zero attached hydrogens (tertiary/aromatic N) is 2. The third-order valence-electron chi connectivity index (χ3n) is 6.26. The summed E-state index contributed by atoms with van der Waals surface area (Å²) in [6.07, 6.45) is 0.336. The Hall–Kier alpha value is -3.56. The van der Waals surface area contributed by atoms with Gasteiger partial charge in [-0.3, -0.25) is 13.9 Å². The van der Waals surface area contributed by atoms with Gasteiger partial charge in [-0.25, -0.2) is 8.42 Å². The number of benzene rings is 3. The fourth-order valence-electron chi connectivity index (χ4n) is 4.19. The van der Waals surface area contributed by atoms with E-state index >= 15 is 0 Å². The summed E-state index contributed by atoms with van der Waals surface area (Å²) in [6, 6.07) is 20.6. The van der Waals surface area contributed by atoms with Gasteiger partial charge in [0.15, 0.2) is 0 Å². The average molecular weight is 586 g/mol. The topological polar surface area (TPSA) is 96.0 Å². The van der Waals surface area contributed by atoms with Crippen molar-refractivity contribution >= 4 is 39.1 Å². The molecule has 3 aromatic rings. The van der Waals surface area contributed by atoms with Crippen molar-refractivity contribution in [1.82, 2.24) is 10.2 Å². The van der Waals surface area contributed by atoms with Gasteiger partial charge in [0.25, 0.3) is 10.0 Å². The fraction of sp³-hybridized carbons (Fsp3) is 0.333. The highest BCUT2D eigenvalue weighted by Gasteiger charge is 2.33. The summed E-state index contributed by atoms with van der Waals surface area (Å²) >= 11 is 6.21. The van der Waals surface area contributed by atoms with Gasteiger partial charge in [0.1, 0.15) is 18.3 Å². The lowest BCUT2D eigenvalue weighted by atomic mass is 10.1. The summed E-state index contributed by atoms with van der Waals surface area (Å²) in [5.74, 6) is -0.00531. The molecule has 0 fully saturated rings. The second-order valence-corrected chi connectivity index (χ2v) is 12.0. The minimum atomic E-state index is -4.15. The number of sulfonamides is 1. The predicted octanol–water partition coefficient (Wildman–Crippen LogP) is 5.12. The summed E-state index contributed by atoms with van der Waals surface area (Å²) in [7, 11) is -2.60. The number of ether oxygens (including phenoxy) is 1. The van der Waals surface area contributed by atoms with E-state index in [1.807, 2.05) is 26.8 Å². The molecule has 0 saturated heterocycles. The van der Waals surface area contributed by atoms with E-state index < -0.39 is 28.5 Å². The van der Waals surface area contributed by atoms with Crippen LogP contribution >= 0.6 is 11.6 Å². The number of amides is 2. The molecule has 0 heterocycles. The van der Waals surface area contributed by atoms with Crippen LogP contribution in [0.1, 0.15) is 32.8 Å². The lowest BCUT2D eigenvalue weighted by molar-refractivity contribution is -0.140. The fourth-order valence-corrected chi connectivity index (χ4v) is 5.80. The molecule has 0 spiro atoms. The Bertz CT molecular complexity index is 1400. The first-order valence-corrected chi connectivity index (χ1v) is 14.9. The lowest BCUT2D eigenvalue weighted by Gasteiger charge is -2.33. The van der Waals surface area contributed by atoms with Gasteiger partial charge < -0.3 is 15.0 Å². The maximum absolute atomic E-state index is 14.1. The molecule has 2 amide bonds. The van der Waals surface area contributed by atoms with E-state index in [1.165, 1.54) is 23.1 Å². The number of methoxy groups -OCH3 is 1. The van der Waals surface area contributed by atoms with Gasteiger partial charge in [0.05, 0.1) is 17.7 Å². The van der Waals surface area contributed by atoms with Crippen molar-refractivity contribution in [1.29, 1.82) is 0 Å². The Morgan fingerprint density at radius 3 is 2.30 bits per heavy atom. The first kappa shape index (κ1) is 31.0. The zero-order valence-corrected chi connectivity index (χ0v) is 24.8. The van der Waals surface area contributed by atoms with Crippen LogP contribution in [0, 0.1) is 5.92 Å². The van der Waals surface area contributed by atoms with Crippen molar-refractivity contribution in [3.8, 4) is 5.75 Å². The van der Waals surface area contributed by atoms with Gasteiger partial charge in [-0.15, -0.1) is 0 Å². The number of hydrogen-bond donors (Lipinski definition) is 1. The van der Waals surface area contributed by atoms with Gasteiger partial charge in [0.2, 0.25) is 11.8 Å². The number of rotatable bonds is 13. The van der Waals surface area contributed by atoms with Crippen molar-refractivity contribution in [2.45, 2.75) is 44.7 Å². The highest BCUT2D eigenvalue weighted by atomic mass is 35.5. The molecule has 0 unspecified atom stereocenters. The smallest absolute Gasteiger partial charge is 0.264 e. The number of anilines is 1. The molecule has 8 nitrogen and oxygen atoms in total. The summed E-state index contributed by atoms with van der Waals surface area (Å²) in [5, 5.41) is 3.24. The highest BCUT2D eigenvalue weighted by molar-refractivity contribution is 7.92. The number of carbonyl (C=O) groups is 2. The Morgan fingerprint density at radius 1 is 0.975 bits per heavy atom. The monoisotopic (exact) mass is 585 g/mol. The van der Waals surface area contributed by atoms with Crippen LogP contribution in [0.25, 0.3) is 0 Å². The van der Waals surface area contributed by atoms with Crippen molar-refractivity contribution in [2.75, 3.05) is 24.5 Å². The van der Waals surface area contributed by atoms with Crippen LogP contribution < -0.4 is 14.4 Å². The number of carbonyl (C=O) groups excluding carboxylic acids is 2. The van der Waals surface area contributed by atoms with Crippen LogP contribution in [0.3, 0.4) is 0 Å². The van der Waals surface area contributed by atoms with Crippen molar-refractivity contribution in [2.24, 2.45) is 5.92 Å². The SMILES string of the molecule is CC[C@H](C(=O)NCC(C)C)N(Cc1cccc(OC)c1)C(=O)CN(c1cccc(Cl)c1)S(=O)(=O)c1ccccc1. The summed E-state index contributed by atoms with van der Waals surface area (Å²) in [4.78, 5) is 28.8. The van der Waals surface area contributed by atoms with Gasteiger partial charge in [0, 0.05) is 18.1 Å². The molecule has 0 aliphatic carbocycles. The molecule has 0 radical (unpaired) electrons. The average Bonchev–Trinajstić information content (AvgIpc) is 2.95. The Morgan fingerprint density at radius 2 is 1.68 bits per heavy atom. The molecular formula is C30H36ClN3O5S. The maximum atomic E-state index is 14.1. The highest BCUT2D eigenvalue weighted by Crippen LogP contribution is 2.27. The Kier molecular flexibility index (Phi) is 11.0. The van der Waals surface area contributed by atoms with E-state index in [2.05, 4.69) is 5.32 Å². The summed E-state index contributed by atoms with van der Waals surface area (Å²) < 4.78 is 34.0. The first-order chi connectivity index (χ1) is 19.1. The zero-order chi connectivity index (χ0) is 29.3. The van der Waals surface area contributed by atoms with Gasteiger partial charge in [-0.2, -0.15) is 0 Å². The molecule has 10 heteroatoms. The van der Waals surface area contributed by atoms with Gasteiger partial charge >= 0.3 is 0 Å². The van der Waals surface area contributed by atoms with E-state index in [0.29, 0.717) is 23.7 Å². The number of halogens is 1. The third-order valence-corrected chi connectivity index (χ3v) is 8.29. The second-order valence-electron chi connectivity index (χ2n) is 9.74. The summed E-state index contributed by atoms with van der Waals surface area (Å²) in [6.45, 7) is 5.79. The molecule has 1 N–H and O–H groups in total. The molecule has 214 valence electrons. The van der Waals surface area contributed by atoms with Gasteiger partial charge in [-0.1, -0.05) is 68.8 Å². The maximum Gasteiger partial charge on any atom is 0.264 e. The third kappa shape index (κ3) is 7.99. The first-order valence-electron chi connectivity index (χ1n) is 13.1. The predicted molar refractivity (Wildman–Crippen MR) is 158 cm³/mol. The normalized spacial score (nSPS) is 12.1. The van der Waals surface area contributed by atoms with Crippen LogP contribution in [0.2, 0.25) is 5.02 Å². The molecular weight excluding hydrogens is 550 g/mol. The van der Waals surface area contributed by atoms with Crippen LogP contribution in [0.5, 0.6) is 5.75 Å². The Balaban J connectivity index is 2.05. The Labute approximate surface area is 241 Å². The molecule has 3 aromatic carbocycles. The van der Waals surface area contributed by atoms with Crippen LogP contribution in [-0.4, -0.2) is 51.4 Å². The van der Waals surface area contributed by atoms with Crippen molar-refractivity contribution in [3.63, 3.8) is 0 Å². The molecule has 0 saturated carbocycles. The van der Waals surface area contributed by atoms with E-state index in [0.717, 1.165) is 9.87 Å². The van der Waals surface area contributed by atoms with Crippen LogP contribution in [-0.2, 0) is 26.2 Å². The minimum Gasteiger partial charge on any atom is -0.497 e. The van der Waals surface area contributed by atoms with E-state index in [4.69, 9.17) is 16.3 Å². The molecule has 0 bridgehead atoms. The second kappa shape index (κ2) is 14.2. The molecule has 0 aliphatic rings. The zero-order valence-electron chi connectivity index (χ0n) is 23.2. The largest absolute Gasteiger partial charge is 0.497 e. The van der Waals surface area contributed by atoms with E-state index in [9.17, 15) is 18.0 Å². The van der Waals surface area contributed by atoms with Crippen LogP contribution in [0.15, 0.2) is 83.8 Å².